The van der Waals surface area contributed by atoms with Crippen molar-refractivity contribution in [1.29, 1.82) is 0 Å². The number of aromatic nitrogens is 1. The van der Waals surface area contributed by atoms with E-state index in [2.05, 4.69) is 17.2 Å². The molecular formula is C30H34N2O6S. The Morgan fingerprint density at radius 2 is 1.67 bits per heavy atom. The van der Waals surface area contributed by atoms with Crippen LogP contribution >= 0.6 is 11.8 Å². The predicted octanol–water partition coefficient (Wildman–Crippen LogP) is 5.03. The summed E-state index contributed by atoms with van der Waals surface area (Å²) in [6.45, 7) is 2.48. The Morgan fingerprint density at radius 3 is 2.33 bits per heavy atom. The van der Waals surface area contributed by atoms with Gasteiger partial charge in [0.05, 0.1) is 23.8 Å². The Hall–Kier alpha value is -3.24. The van der Waals surface area contributed by atoms with Gasteiger partial charge in [0.15, 0.2) is 6.29 Å². The summed E-state index contributed by atoms with van der Waals surface area (Å²) in [4.78, 5) is 27.0. The molecule has 0 bridgehead atoms. The minimum Gasteiger partial charge on any atom is -0.481 e. The molecule has 39 heavy (non-hydrogen) atoms. The molecule has 1 aromatic heterocycles. The van der Waals surface area contributed by atoms with E-state index in [0.717, 1.165) is 33.0 Å². The van der Waals surface area contributed by atoms with Crippen molar-refractivity contribution in [2.45, 2.75) is 62.9 Å². The van der Waals surface area contributed by atoms with Crippen LogP contribution in [0.1, 0.15) is 60.8 Å². The number of ether oxygens (including phenoxy) is 2. The predicted molar refractivity (Wildman–Crippen MR) is 148 cm³/mol. The average Bonchev–Trinajstić information content (AvgIpc) is 2.96. The highest BCUT2D eigenvalue weighted by molar-refractivity contribution is 7.99. The fraction of sp³-hybridized carbons (Fsp3) is 0.367. The summed E-state index contributed by atoms with van der Waals surface area (Å²) in [5, 5.41) is 21.9. The number of aliphatic carboxylic acids is 1. The molecule has 0 radical (unpaired) electrons. The highest BCUT2D eigenvalue weighted by atomic mass is 32.2. The lowest BCUT2D eigenvalue weighted by atomic mass is 9.91. The Balaban J connectivity index is 1.44. The van der Waals surface area contributed by atoms with Gasteiger partial charge in [-0.25, -0.2) is 4.98 Å². The molecular weight excluding hydrogens is 516 g/mol. The molecule has 2 aromatic carbocycles. The van der Waals surface area contributed by atoms with E-state index >= 15 is 0 Å². The van der Waals surface area contributed by atoms with Crippen molar-refractivity contribution >= 4 is 23.6 Å². The van der Waals surface area contributed by atoms with Crippen LogP contribution in [0.4, 0.5) is 0 Å². The summed E-state index contributed by atoms with van der Waals surface area (Å²) in [5.74, 6) is -0.276. The molecule has 0 unspecified atom stereocenters. The highest BCUT2D eigenvalue weighted by Gasteiger charge is 2.38. The monoisotopic (exact) mass is 550 g/mol. The molecule has 1 aliphatic heterocycles. The number of benzene rings is 2. The summed E-state index contributed by atoms with van der Waals surface area (Å²) in [7, 11) is 0. The van der Waals surface area contributed by atoms with Gasteiger partial charge in [-0.3, -0.25) is 9.59 Å². The molecule has 206 valence electrons. The SMILES string of the molecule is C[C@@H]1[C@H](CSc2ccccn2)O[C@H](c2ccc(CNC(=O)CCCC(=O)O)cc2)O[C@@H]1c1ccc(CO)cc1. The lowest BCUT2D eigenvalue weighted by Crippen LogP contribution is -2.38. The van der Waals surface area contributed by atoms with Crippen LogP contribution in [0.5, 0.6) is 0 Å². The van der Waals surface area contributed by atoms with E-state index in [1.807, 2.05) is 66.7 Å². The number of aliphatic hydroxyl groups is 1. The third-order valence-corrected chi connectivity index (χ3v) is 7.73. The van der Waals surface area contributed by atoms with Gasteiger partial charge in [0, 0.05) is 42.8 Å². The third kappa shape index (κ3) is 8.37. The van der Waals surface area contributed by atoms with Crippen LogP contribution in [0.2, 0.25) is 0 Å². The Labute approximate surface area is 232 Å². The first kappa shape index (κ1) is 28.8. The van der Waals surface area contributed by atoms with Crippen LogP contribution in [0.15, 0.2) is 78.0 Å². The van der Waals surface area contributed by atoms with Crippen molar-refractivity contribution in [3.8, 4) is 0 Å². The molecule has 9 heteroatoms. The van der Waals surface area contributed by atoms with E-state index in [1.54, 1.807) is 18.0 Å². The molecule has 8 nitrogen and oxygen atoms in total. The number of hydrogen-bond acceptors (Lipinski definition) is 7. The van der Waals surface area contributed by atoms with Gasteiger partial charge in [-0.1, -0.05) is 61.5 Å². The second-order valence-electron chi connectivity index (χ2n) is 9.57. The molecule has 0 spiro atoms. The molecule has 1 fully saturated rings. The van der Waals surface area contributed by atoms with Crippen LogP contribution in [0, 0.1) is 5.92 Å². The van der Waals surface area contributed by atoms with E-state index in [9.17, 15) is 14.7 Å². The molecule has 1 saturated heterocycles. The second-order valence-corrected chi connectivity index (χ2v) is 10.6. The summed E-state index contributed by atoms with van der Waals surface area (Å²) in [6.07, 6.45) is 1.40. The zero-order valence-corrected chi connectivity index (χ0v) is 22.7. The van der Waals surface area contributed by atoms with Crippen LogP contribution in [0.3, 0.4) is 0 Å². The van der Waals surface area contributed by atoms with E-state index in [-0.39, 0.29) is 43.5 Å². The van der Waals surface area contributed by atoms with Gasteiger partial charge < -0.3 is 25.0 Å². The fourth-order valence-corrected chi connectivity index (χ4v) is 5.42. The molecule has 3 aromatic rings. The van der Waals surface area contributed by atoms with Crippen LogP contribution in [0.25, 0.3) is 0 Å². The molecule has 4 atom stereocenters. The van der Waals surface area contributed by atoms with E-state index < -0.39 is 12.3 Å². The van der Waals surface area contributed by atoms with Gasteiger partial charge in [0.1, 0.15) is 0 Å². The molecule has 0 saturated carbocycles. The lowest BCUT2D eigenvalue weighted by molar-refractivity contribution is -0.268. The number of carboxylic acids is 1. The number of carbonyl (C=O) groups is 2. The normalized spacial score (nSPS) is 20.9. The first-order valence-electron chi connectivity index (χ1n) is 13.0. The quantitative estimate of drug-likeness (QED) is 0.269. The number of pyridine rings is 1. The number of nitrogens with zero attached hydrogens (tertiary/aromatic N) is 1. The maximum atomic E-state index is 12.0. The number of carbonyl (C=O) groups excluding carboxylic acids is 1. The minimum absolute atomic E-state index is 0.00836. The van der Waals surface area contributed by atoms with Crippen molar-refractivity contribution in [2.75, 3.05) is 5.75 Å². The Morgan fingerprint density at radius 1 is 0.949 bits per heavy atom. The van der Waals surface area contributed by atoms with E-state index in [1.165, 1.54) is 0 Å². The van der Waals surface area contributed by atoms with E-state index in [0.29, 0.717) is 13.0 Å². The number of carboxylic acid groups (broad SMARTS) is 1. The van der Waals surface area contributed by atoms with Crippen molar-refractivity contribution in [2.24, 2.45) is 5.92 Å². The first-order chi connectivity index (χ1) is 18.9. The molecule has 2 heterocycles. The summed E-state index contributed by atoms with van der Waals surface area (Å²) in [6, 6.07) is 21.4. The highest BCUT2D eigenvalue weighted by Crippen LogP contribution is 2.42. The molecule has 0 aliphatic carbocycles. The summed E-state index contributed by atoms with van der Waals surface area (Å²) in [5.41, 5.74) is 3.68. The number of amides is 1. The number of thioether (sulfide) groups is 1. The maximum absolute atomic E-state index is 12.0. The van der Waals surface area contributed by atoms with Crippen LogP contribution < -0.4 is 5.32 Å². The van der Waals surface area contributed by atoms with Gasteiger partial charge in [0.2, 0.25) is 5.91 Å². The number of nitrogens with one attached hydrogen (secondary N) is 1. The van der Waals surface area contributed by atoms with Crippen molar-refractivity contribution < 1.29 is 29.3 Å². The number of aliphatic hydroxyl groups excluding tert-OH is 1. The van der Waals surface area contributed by atoms with Gasteiger partial charge >= 0.3 is 5.97 Å². The summed E-state index contributed by atoms with van der Waals surface area (Å²) >= 11 is 1.65. The van der Waals surface area contributed by atoms with Crippen molar-refractivity contribution in [3.05, 3.63) is 95.2 Å². The second kappa shape index (κ2) is 14.2. The van der Waals surface area contributed by atoms with Gasteiger partial charge in [-0.2, -0.15) is 0 Å². The maximum Gasteiger partial charge on any atom is 0.303 e. The Bertz CT molecular complexity index is 1210. The van der Waals surface area contributed by atoms with Gasteiger partial charge in [-0.15, -0.1) is 11.8 Å². The summed E-state index contributed by atoms with van der Waals surface area (Å²) < 4.78 is 13.0. The minimum atomic E-state index is -0.901. The largest absolute Gasteiger partial charge is 0.481 e. The van der Waals surface area contributed by atoms with Crippen molar-refractivity contribution in [1.82, 2.24) is 10.3 Å². The third-order valence-electron chi connectivity index (χ3n) is 6.69. The van der Waals surface area contributed by atoms with Crippen LogP contribution in [-0.2, 0) is 32.2 Å². The van der Waals surface area contributed by atoms with Gasteiger partial charge in [-0.05, 0) is 35.2 Å². The zero-order valence-electron chi connectivity index (χ0n) is 21.9. The topological polar surface area (TPSA) is 118 Å². The first-order valence-corrected chi connectivity index (χ1v) is 14.0. The smallest absolute Gasteiger partial charge is 0.303 e. The Kier molecular flexibility index (Phi) is 10.5. The standard InChI is InChI=1S/C30H34N2O6S/c1-20-25(19-39-27-6-2-3-16-31-27)37-30(38-29(20)23-12-10-22(18-33)11-13-23)24-14-8-21(9-15-24)17-32-26(34)5-4-7-28(35)36/h2-3,6,8-16,20,25,29-30,33H,4-5,7,17-19H2,1H3,(H,32,34)(H,35,36)/t20-,25+,29+,30+/m1/s1. The number of rotatable bonds is 12. The average molecular weight is 551 g/mol. The number of hydrogen-bond donors (Lipinski definition) is 3. The molecule has 4 rings (SSSR count). The fourth-order valence-electron chi connectivity index (χ4n) is 4.39. The van der Waals surface area contributed by atoms with E-state index in [4.69, 9.17) is 14.6 Å². The lowest BCUT2D eigenvalue weighted by Gasteiger charge is -2.41. The van der Waals surface area contributed by atoms with Crippen molar-refractivity contribution in [3.63, 3.8) is 0 Å². The molecule has 3 N–H and O–H groups in total. The van der Waals surface area contributed by atoms with Gasteiger partial charge in [0.25, 0.3) is 0 Å². The van der Waals surface area contributed by atoms with Crippen LogP contribution in [-0.4, -0.2) is 38.9 Å². The molecule has 1 amide bonds. The zero-order chi connectivity index (χ0) is 27.6. The molecule has 1 aliphatic rings.